The summed E-state index contributed by atoms with van der Waals surface area (Å²) in [6, 6.07) is 28.0. The van der Waals surface area contributed by atoms with Crippen LogP contribution in [0.4, 0.5) is 5.69 Å². The third kappa shape index (κ3) is 4.20. The summed E-state index contributed by atoms with van der Waals surface area (Å²) in [4.78, 5) is 13.1. The van der Waals surface area contributed by atoms with Crippen molar-refractivity contribution in [1.29, 1.82) is 0 Å². The highest BCUT2D eigenvalue weighted by Gasteiger charge is 2.22. The molecule has 0 saturated carbocycles. The zero-order valence-corrected chi connectivity index (χ0v) is 15.4. The molecule has 132 valence electrons. The molecule has 2 nitrogen and oxygen atoms in total. The van der Waals surface area contributed by atoms with Gasteiger partial charge in [0.05, 0.1) is 5.92 Å². The van der Waals surface area contributed by atoms with Crippen LogP contribution in [-0.2, 0) is 4.79 Å². The van der Waals surface area contributed by atoms with E-state index in [9.17, 15) is 4.79 Å². The molecule has 0 aliphatic carbocycles. The monoisotopic (exact) mass is 343 g/mol. The van der Waals surface area contributed by atoms with E-state index in [1.165, 1.54) is 5.56 Å². The van der Waals surface area contributed by atoms with Gasteiger partial charge in [-0.25, -0.2) is 0 Å². The minimum Gasteiger partial charge on any atom is -0.325 e. The number of nitrogens with one attached hydrogen (secondary N) is 1. The number of benzene rings is 3. The van der Waals surface area contributed by atoms with Crippen molar-refractivity contribution in [1.82, 2.24) is 0 Å². The summed E-state index contributed by atoms with van der Waals surface area (Å²) < 4.78 is 0. The van der Waals surface area contributed by atoms with Crippen molar-refractivity contribution in [3.63, 3.8) is 0 Å². The van der Waals surface area contributed by atoms with E-state index in [2.05, 4.69) is 31.3 Å². The minimum atomic E-state index is -0.327. The second-order valence-corrected chi connectivity index (χ2v) is 6.67. The maximum atomic E-state index is 13.1. The van der Waals surface area contributed by atoms with Gasteiger partial charge in [-0.05, 0) is 41.2 Å². The van der Waals surface area contributed by atoms with Gasteiger partial charge in [-0.1, -0.05) is 86.6 Å². The smallest absolute Gasteiger partial charge is 0.236 e. The van der Waals surface area contributed by atoms with Gasteiger partial charge < -0.3 is 5.32 Å². The molecular weight excluding hydrogens is 318 g/mol. The van der Waals surface area contributed by atoms with Gasteiger partial charge in [0.1, 0.15) is 0 Å². The van der Waals surface area contributed by atoms with E-state index in [-0.39, 0.29) is 11.8 Å². The van der Waals surface area contributed by atoms with Gasteiger partial charge in [0.15, 0.2) is 0 Å². The van der Waals surface area contributed by atoms with Crippen molar-refractivity contribution in [3.05, 3.63) is 102 Å². The molecule has 0 aliphatic rings. The van der Waals surface area contributed by atoms with E-state index in [1.807, 2.05) is 72.8 Å². The summed E-state index contributed by atoms with van der Waals surface area (Å²) in [5.41, 5.74) is 4.12. The molecule has 1 N–H and O–H groups in total. The van der Waals surface area contributed by atoms with Gasteiger partial charge in [0, 0.05) is 5.69 Å². The molecule has 0 saturated heterocycles. The zero-order chi connectivity index (χ0) is 18.4. The highest BCUT2D eigenvalue weighted by atomic mass is 16.1. The van der Waals surface area contributed by atoms with Crippen LogP contribution in [0.5, 0.6) is 0 Å². The van der Waals surface area contributed by atoms with E-state index < -0.39 is 0 Å². The Morgan fingerprint density at radius 1 is 0.769 bits per heavy atom. The van der Waals surface area contributed by atoms with Gasteiger partial charge in [-0.2, -0.15) is 0 Å². The molecule has 0 heterocycles. The van der Waals surface area contributed by atoms with Crippen LogP contribution in [0.1, 0.15) is 48.8 Å². The topological polar surface area (TPSA) is 29.1 Å². The first-order valence-corrected chi connectivity index (χ1v) is 9.19. The molecule has 1 atom stereocenters. The molecule has 2 heteroatoms. The maximum absolute atomic E-state index is 13.1. The van der Waals surface area contributed by atoms with Crippen LogP contribution in [-0.4, -0.2) is 5.91 Å². The Kier molecular flexibility index (Phi) is 5.85. The number of carbonyl (C=O) groups is 1. The van der Waals surface area contributed by atoms with E-state index in [4.69, 9.17) is 0 Å². The number of hydrogen-bond acceptors (Lipinski definition) is 1. The summed E-state index contributed by atoms with van der Waals surface area (Å²) >= 11 is 0. The number of carbonyl (C=O) groups excluding carboxylic acids is 1. The first-order valence-electron chi connectivity index (χ1n) is 9.19. The molecule has 0 spiro atoms. The summed E-state index contributed by atoms with van der Waals surface area (Å²) in [6.07, 6.45) is 1.11. The zero-order valence-electron chi connectivity index (χ0n) is 15.4. The lowest BCUT2D eigenvalue weighted by Gasteiger charge is -2.18. The molecule has 3 rings (SSSR count). The molecule has 0 bridgehead atoms. The van der Waals surface area contributed by atoms with Crippen LogP contribution in [0.3, 0.4) is 0 Å². The molecule has 0 fully saturated rings. The summed E-state index contributed by atoms with van der Waals surface area (Å²) in [6.45, 7) is 4.40. The second-order valence-electron chi connectivity index (χ2n) is 6.67. The van der Waals surface area contributed by atoms with Crippen LogP contribution in [0.25, 0.3) is 0 Å². The fraction of sp³-hybridized carbons (Fsp3) is 0.208. The maximum Gasteiger partial charge on any atom is 0.236 e. The quantitative estimate of drug-likeness (QED) is 0.587. The Labute approximate surface area is 155 Å². The van der Waals surface area contributed by atoms with Crippen LogP contribution < -0.4 is 5.32 Å². The van der Waals surface area contributed by atoms with Crippen molar-refractivity contribution in [2.24, 2.45) is 0 Å². The molecule has 1 amide bonds. The van der Waals surface area contributed by atoms with Crippen LogP contribution in [0, 0.1) is 0 Å². The molecule has 0 radical (unpaired) electrons. The predicted molar refractivity (Wildman–Crippen MR) is 109 cm³/mol. The van der Waals surface area contributed by atoms with Crippen LogP contribution >= 0.6 is 0 Å². The van der Waals surface area contributed by atoms with Gasteiger partial charge in [0.2, 0.25) is 5.91 Å². The lowest BCUT2D eigenvalue weighted by molar-refractivity contribution is -0.116. The van der Waals surface area contributed by atoms with Gasteiger partial charge in [-0.15, -0.1) is 0 Å². The largest absolute Gasteiger partial charge is 0.325 e. The van der Waals surface area contributed by atoms with Crippen LogP contribution in [0.15, 0.2) is 84.9 Å². The third-order valence-corrected chi connectivity index (χ3v) is 4.89. The fourth-order valence-corrected chi connectivity index (χ4v) is 3.13. The van der Waals surface area contributed by atoms with E-state index in [1.54, 1.807) is 0 Å². The Bertz CT molecular complexity index is 786. The number of hydrogen-bond donors (Lipinski definition) is 1. The normalized spacial score (nSPS) is 12.0. The fourth-order valence-electron chi connectivity index (χ4n) is 3.13. The first-order chi connectivity index (χ1) is 12.7. The summed E-state index contributed by atoms with van der Waals surface area (Å²) in [5, 5.41) is 3.08. The average Bonchev–Trinajstić information content (AvgIpc) is 2.70. The first kappa shape index (κ1) is 17.9. The van der Waals surface area contributed by atoms with Crippen LogP contribution in [0.2, 0.25) is 0 Å². The number of anilines is 1. The summed E-state index contributed by atoms with van der Waals surface area (Å²) in [7, 11) is 0. The third-order valence-electron chi connectivity index (χ3n) is 4.89. The Morgan fingerprint density at radius 2 is 1.27 bits per heavy atom. The minimum absolute atomic E-state index is 0.0151. The number of amides is 1. The van der Waals surface area contributed by atoms with Gasteiger partial charge in [-0.3, -0.25) is 4.79 Å². The molecule has 3 aromatic rings. The Morgan fingerprint density at radius 3 is 1.73 bits per heavy atom. The van der Waals surface area contributed by atoms with Crippen molar-refractivity contribution < 1.29 is 4.79 Å². The van der Waals surface area contributed by atoms with Gasteiger partial charge >= 0.3 is 0 Å². The standard InChI is InChI=1S/C24H25NO/c1-3-18(2)19-14-16-22(17-15-19)25-24(26)23(20-10-6-4-7-11-20)21-12-8-5-9-13-21/h4-18,23H,3H2,1-2H3,(H,25,26)/t18-/m0/s1. The SMILES string of the molecule is CC[C@H](C)c1ccc(NC(=O)C(c2ccccc2)c2ccccc2)cc1. The van der Waals surface area contributed by atoms with Crippen molar-refractivity contribution in [3.8, 4) is 0 Å². The van der Waals surface area contributed by atoms with Gasteiger partial charge in [0.25, 0.3) is 0 Å². The molecule has 3 aromatic carbocycles. The van der Waals surface area contributed by atoms with E-state index in [0.717, 1.165) is 23.2 Å². The van der Waals surface area contributed by atoms with E-state index in [0.29, 0.717) is 5.92 Å². The molecule has 0 unspecified atom stereocenters. The second kappa shape index (κ2) is 8.48. The molecular formula is C24H25NO. The lowest BCUT2D eigenvalue weighted by Crippen LogP contribution is -2.22. The molecule has 0 aromatic heterocycles. The van der Waals surface area contributed by atoms with Crippen molar-refractivity contribution in [2.45, 2.75) is 32.1 Å². The lowest BCUT2D eigenvalue weighted by atomic mass is 9.90. The van der Waals surface area contributed by atoms with Crippen molar-refractivity contribution >= 4 is 11.6 Å². The highest BCUT2D eigenvalue weighted by Crippen LogP contribution is 2.27. The van der Waals surface area contributed by atoms with Crippen molar-refractivity contribution in [2.75, 3.05) is 5.32 Å². The molecule has 26 heavy (non-hydrogen) atoms. The summed E-state index contributed by atoms with van der Waals surface area (Å²) in [5.74, 6) is 0.187. The van der Waals surface area contributed by atoms with E-state index >= 15 is 0 Å². The Balaban J connectivity index is 1.84. The molecule has 0 aliphatic heterocycles. The predicted octanol–water partition coefficient (Wildman–Crippen LogP) is 5.97. The highest BCUT2D eigenvalue weighted by molar-refractivity contribution is 5.98. The Hall–Kier alpha value is -2.87. The average molecular weight is 343 g/mol. The number of rotatable bonds is 6.